The molecule has 1 N–H and O–H groups in total. The third-order valence-electron chi connectivity index (χ3n) is 3.29. The Kier molecular flexibility index (Phi) is 4.06. The number of fused-ring (bicyclic) bond motifs is 1. The highest BCUT2D eigenvalue weighted by Gasteiger charge is 2.19. The standard InChI is InChI=1S/C16H12O5S2/c1-20-15(18)9-5-3-8(4-6-9)13-12(17)14-10(22-13)7-11(23-14)16(19)21-2/h3-7,17H,1-2H3. The first-order valence-corrected chi connectivity index (χ1v) is 8.20. The van der Waals surface area contributed by atoms with Gasteiger partial charge in [0.2, 0.25) is 0 Å². The van der Waals surface area contributed by atoms with Crippen LogP contribution in [0.1, 0.15) is 20.0 Å². The lowest BCUT2D eigenvalue weighted by molar-refractivity contribution is 0.0594. The summed E-state index contributed by atoms with van der Waals surface area (Å²) in [5, 5.41) is 10.4. The minimum absolute atomic E-state index is 0.135. The van der Waals surface area contributed by atoms with Crippen molar-refractivity contribution in [2.45, 2.75) is 0 Å². The molecule has 0 saturated heterocycles. The third kappa shape index (κ3) is 2.69. The average Bonchev–Trinajstić information content (AvgIpc) is 3.13. The lowest BCUT2D eigenvalue weighted by atomic mass is 10.1. The summed E-state index contributed by atoms with van der Waals surface area (Å²) >= 11 is 2.58. The van der Waals surface area contributed by atoms with Crippen LogP contribution in [0, 0.1) is 0 Å². The normalized spacial score (nSPS) is 10.7. The molecule has 7 heteroatoms. The van der Waals surface area contributed by atoms with E-state index < -0.39 is 11.9 Å². The largest absolute Gasteiger partial charge is 0.505 e. The molecule has 0 saturated carbocycles. The second kappa shape index (κ2) is 6.02. The van der Waals surface area contributed by atoms with Gasteiger partial charge in [0.1, 0.15) is 4.88 Å². The highest BCUT2D eigenvalue weighted by atomic mass is 32.1. The summed E-state index contributed by atoms with van der Waals surface area (Å²) in [5.74, 6) is -0.687. The van der Waals surface area contributed by atoms with Crippen LogP contribution in [0.2, 0.25) is 0 Å². The van der Waals surface area contributed by atoms with E-state index in [1.807, 2.05) is 0 Å². The third-order valence-corrected chi connectivity index (χ3v) is 5.72. The van der Waals surface area contributed by atoms with Crippen LogP contribution in [0.4, 0.5) is 0 Å². The quantitative estimate of drug-likeness (QED) is 0.727. The monoisotopic (exact) mass is 348 g/mol. The van der Waals surface area contributed by atoms with E-state index in [9.17, 15) is 14.7 Å². The van der Waals surface area contributed by atoms with E-state index >= 15 is 0 Å². The van der Waals surface area contributed by atoms with Crippen molar-refractivity contribution in [3.8, 4) is 16.2 Å². The molecule has 3 rings (SSSR count). The number of thiophene rings is 2. The number of carbonyl (C=O) groups is 2. The fraction of sp³-hybridized carbons (Fsp3) is 0.125. The van der Waals surface area contributed by atoms with Crippen molar-refractivity contribution in [1.82, 2.24) is 0 Å². The van der Waals surface area contributed by atoms with E-state index in [-0.39, 0.29) is 5.75 Å². The number of carbonyl (C=O) groups excluding carboxylic acids is 2. The number of methoxy groups -OCH3 is 2. The maximum Gasteiger partial charge on any atom is 0.348 e. The molecule has 3 aromatic rings. The summed E-state index contributed by atoms with van der Waals surface area (Å²) in [6, 6.07) is 8.51. The van der Waals surface area contributed by atoms with E-state index in [0.29, 0.717) is 20.0 Å². The van der Waals surface area contributed by atoms with Gasteiger partial charge in [0, 0.05) is 0 Å². The predicted octanol–water partition coefficient (Wildman–Crippen LogP) is 3.91. The molecule has 0 radical (unpaired) electrons. The Morgan fingerprint density at radius 3 is 2.22 bits per heavy atom. The molecule has 2 aromatic heterocycles. The Bertz CT molecular complexity index is 889. The summed E-state index contributed by atoms with van der Waals surface area (Å²) in [5.41, 5.74) is 1.24. The second-order valence-electron chi connectivity index (χ2n) is 4.64. The van der Waals surface area contributed by atoms with Crippen molar-refractivity contribution >= 4 is 44.0 Å². The zero-order valence-electron chi connectivity index (χ0n) is 12.3. The zero-order valence-corrected chi connectivity index (χ0v) is 13.9. The lowest BCUT2D eigenvalue weighted by Crippen LogP contribution is -2.00. The first kappa shape index (κ1) is 15.5. The fourth-order valence-corrected chi connectivity index (χ4v) is 4.50. The van der Waals surface area contributed by atoms with Crippen LogP contribution in [-0.2, 0) is 9.47 Å². The minimum Gasteiger partial charge on any atom is -0.505 e. The molecule has 23 heavy (non-hydrogen) atoms. The Hall–Kier alpha value is -2.38. The molecule has 1 aromatic carbocycles. The van der Waals surface area contributed by atoms with Crippen LogP contribution in [0.5, 0.6) is 5.75 Å². The van der Waals surface area contributed by atoms with Gasteiger partial charge in [-0.3, -0.25) is 0 Å². The van der Waals surface area contributed by atoms with Gasteiger partial charge in [0.05, 0.1) is 34.1 Å². The van der Waals surface area contributed by atoms with Gasteiger partial charge in [0.15, 0.2) is 5.75 Å². The molecule has 5 nitrogen and oxygen atoms in total. The van der Waals surface area contributed by atoms with E-state index in [1.54, 1.807) is 30.3 Å². The highest BCUT2D eigenvalue weighted by Crippen LogP contribution is 2.47. The number of hydrogen-bond acceptors (Lipinski definition) is 7. The topological polar surface area (TPSA) is 72.8 Å². The van der Waals surface area contributed by atoms with E-state index in [2.05, 4.69) is 9.47 Å². The van der Waals surface area contributed by atoms with Gasteiger partial charge in [-0.05, 0) is 23.8 Å². The number of aromatic hydroxyl groups is 1. The number of rotatable bonds is 3. The molecule has 0 fully saturated rings. The van der Waals surface area contributed by atoms with Crippen molar-refractivity contribution in [2.75, 3.05) is 14.2 Å². The molecular formula is C16H12O5S2. The summed E-state index contributed by atoms with van der Waals surface area (Å²) in [6.07, 6.45) is 0. The van der Waals surface area contributed by atoms with Crippen LogP contribution in [0.25, 0.3) is 19.8 Å². The van der Waals surface area contributed by atoms with Crippen molar-refractivity contribution in [3.63, 3.8) is 0 Å². The number of hydrogen-bond donors (Lipinski definition) is 1. The second-order valence-corrected chi connectivity index (χ2v) is 6.75. The smallest absolute Gasteiger partial charge is 0.348 e. The molecule has 0 aliphatic rings. The van der Waals surface area contributed by atoms with Crippen molar-refractivity contribution in [3.05, 3.63) is 40.8 Å². The van der Waals surface area contributed by atoms with Crippen LogP contribution in [0.3, 0.4) is 0 Å². The maximum absolute atomic E-state index is 11.5. The van der Waals surface area contributed by atoms with Crippen LogP contribution >= 0.6 is 22.7 Å². The maximum atomic E-state index is 11.5. The molecule has 0 aliphatic heterocycles. The summed E-state index contributed by atoms with van der Waals surface area (Å²) in [4.78, 5) is 24.1. The van der Waals surface area contributed by atoms with Gasteiger partial charge >= 0.3 is 11.9 Å². The molecule has 0 spiro atoms. The minimum atomic E-state index is -0.415. The Labute approximate surface area is 139 Å². The summed E-state index contributed by atoms with van der Waals surface area (Å²) in [6.45, 7) is 0. The van der Waals surface area contributed by atoms with Gasteiger partial charge in [0.25, 0.3) is 0 Å². The Balaban J connectivity index is 2.00. The molecule has 118 valence electrons. The van der Waals surface area contributed by atoms with Crippen molar-refractivity contribution < 1.29 is 24.2 Å². The van der Waals surface area contributed by atoms with Crippen LogP contribution in [0.15, 0.2) is 30.3 Å². The molecule has 0 aliphatic carbocycles. The number of benzene rings is 1. The lowest BCUT2D eigenvalue weighted by Gasteiger charge is -2.02. The zero-order chi connectivity index (χ0) is 16.6. The summed E-state index contributed by atoms with van der Waals surface area (Å²) < 4.78 is 10.8. The van der Waals surface area contributed by atoms with Gasteiger partial charge in [-0.1, -0.05) is 12.1 Å². The van der Waals surface area contributed by atoms with Gasteiger partial charge < -0.3 is 14.6 Å². The summed E-state index contributed by atoms with van der Waals surface area (Å²) in [7, 11) is 2.65. The van der Waals surface area contributed by atoms with Gasteiger partial charge in [-0.15, -0.1) is 22.7 Å². The van der Waals surface area contributed by atoms with Crippen LogP contribution < -0.4 is 0 Å². The van der Waals surface area contributed by atoms with Gasteiger partial charge in [-0.25, -0.2) is 9.59 Å². The number of esters is 2. The molecule has 0 bridgehead atoms. The Morgan fingerprint density at radius 1 is 1.00 bits per heavy atom. The van der Waals surface area contributed by atoms with E-state index in [1.165, 1.54) is 36.9 Å². The highest BCUT2D eigenvalue weighted by molar-refractivity contribution is 7.31. The first-order valence-electron chi connectivity index (χ1n) is 6.57. The number of ether oxygens (including phenoxy) is 2. The van der Waals surface area contributed by atoms with E-state index in [0.717, 1.165) is 10.3 Å². The SMILES string of the molecule is COC(=O)c1ccc(-c2sc3cc(C(=O)OC)sc3c2O)cc1. The first-order chi connectivity index (χ1) is 11.0. The van der Waals surface area contributed by atoms with Crippen LogP contribution in [-0.4, -0.2) is 31.3 Å². The average molecular weight is 348 g/mol. The molecule has 0 amide bonds. The van der Waals surface area contributed by atoms with E-state index in [4.69, 9.17) is 0 Å². The Morgan fingerprint density at radius 2 is 1.65 bits per heavy atom. The predicted molar refractivity (Wildman–Crippen MR) is 89.5 cm³/mol. The van der Waals surface area contributed by atoms with Gasteiger partial charge in [-0.2, -0.15) is 0 Å². The molecule has 0 unspecified atom stereocenters. The molecule has 0 atom stereocenters. The molecular weight excluding hydrogens is 336 g/mol. The molecule has 2 heterocycles. The fourth-order valence-electron chi connectivity index (χ4n) is 2.15. The van der Waals surface area contributed by atoms with Crippen molar-refractivity contribution in [1.29, 1.82) is 0 Å². The van der Waals surface area contributed by atoms with Crippen molar-refractivity contribution in [2.24, 2.45) is 0 Å².